The van der Waals surface area contributed by atoms with Gasteiger partial charge in [0.05, 0.1) is 10.6 Å². The van der Waals surface area contributed by atoms with E-state index in [9.17, 15) is 12.8 Å². The van der Waals surface area contributed by atoms with Crippen LogP contribution >= 0.6 is 0 Å². The Morgan fingerprint density at radius 1 is 1.42 bits per heavy atom. The highest BCUT2D eigenvalue weighted by Gasteiger charge is 2.34. The molecule has 106 valence electrons. The zero-order valence-electron chi connectivity index (χ0n) is 11.1. The molecule has 0 aliphatic heterocycles. The molecule has 3 nitrogen and oxygen atoms in total. The second-order valence-corrected chi connectivity index (χ2v) is 7.17. The molecule has 0 bridgehead atoms. The third-order valence-electron chi connectivity index (χ3n) is 3.40. The molecule has 1 aromatic rings. The monoisotopic (exact) mass is 285 g/mol. The van der Waals surface area contributed by atoms with Crippen molar-refractivity contribution in [2.45, 2.75) is 37.1 Å². The molecular weight excluding hydrogens is 265 g/mol. The lowest BCUT2D eigenvalue weighted by atomic mass is 10.2. The van der Waals surface area contributed by atoms with Crippen LogP contribution in [0.2, 0.25) is 0 Å². The lowest BCUT2D eigenvalue weighted by Gasteiger charge is -2.18. The van der Waals surface area contributed by atoms with Crippen LogP contribution in [0.1, 0.15) is 26.2 Å². The topological polar surface area (TPSA) is 46.2 Å². The summed E-state index contributed by atoms with van der Waals surface area (Å²) in [4.78, 5) is 0.0800. The molecule has 1 unspecified atom stereocenters. The fraction of sp³-hybridized carbons (Fsp3) is 0.571. The molecule has 0 amide bonds. The van der Waals surface area contributed by atoms with Crippen molar-refractivity contribution in [2.24, 2.45) is 5.92 Å². The SMILES string of the molecule is CCCNC(CS(=O)(=O)c1cccc(F)c1)C1CC1. The van der Waals surface area contributed by atoms with Crippen molar-refractivity contribution >= 4 is 9.84 Å². The Bertz CT molecular complexity index is 526. The summed E-state index contributed by atoms with van der Waals surface area (Å²) in [6.45, 7) is 2.87. The summed E-state index contributed by atoms with van der Waals surface area (Å²) in [7, 11) is -3.42. The number of sulfone groups is 1. The highest BCUT2D eigenvalue weighted by Crippen LogP contribution is 2.34. The molecule has 1 saturated carbocycles. The molecule has 1 atom stereocenters. The smallest absolute Gasteiger partial charge is 0.180 e. The molecular formula is C14H20FNO2S. The fourth-order valence-electron chi connectivity index (χ4n) is 2.18. The molecule has 0 spiro atoms. The Morgan fingerprint density at radius 3 is 2.74 bits per heavy atom. The number of hydrogen-bond donors (Lipinski definition) is 1. The average molecular weight is 285 g/mol. The molecule has 1 N–H and O–H groups in total. The van der Waals surface area contributed by atoms with Crippen LogP contribution in [0, 0.1) is 11.7 Å². The van der Waals surface area contributed by atoms with Crippen LogP contribution in [0.3, 0.4) is 0 Å². The zero-order valence-corrected chi connectivity index (χ0v) is 11.9. The van der Waals surface area contributed by atoms with Crippen molar-refractivity contribution < 1.29 is 12.8 Å². The van der Waals surface area contributed by atoms with Crippen LogP contribution in [0.5, 0.6) is 0 Å². The van der Waals surface area contributed by atoms with Gasteiger partial charge in [-0.05, 0) is 49.9 Å². The van der Waals surface area contributed by atoms with Gasteiger partial charge in [0.25, 0.3) is 0 Å². The molecule has 1 aliphatic rings. The first kappa shape index (κ1) is 14.5. The summed E-state index contributed by atoms with van der Waals surface area (Å²) < 4.78 is 37.7. The molecule has 0 saturated heterocycles. The minimum Gasteiger partial charge on any atom is -0.313 e. The Morgan fingerprint density at radius 2 is 2.16 bits per heavy atom. The van der Waals surface area contributed by atoms with E-state index in [1.54, 1.807) is 0 Å². The van der Waals surface area contributed by atoms with Crippen molar-refractivity contribution in [3.05, 3.63) is 30.1 Å². The second kappa shape index (κ2) is 6.01. The van der Waals surface area contributed by atoms with Crippen molar-refractivity contribution in [2.75, 3.05) is 12.3 Å². The van der Waals surface area contributed by atoms with E-state index in [0.717, 1.165) is 31.9 Å². The maximum absolute atomic E-state index is 13.1. The maximum atomic E-state index is 13.1. The van der Waals surface area contributed by atoms with Gasteiger partial charge in [-0.2, -0.15) is 0 Å². The number of nitrogens with one attached hydrogen (secondary N) is 1. The highest BCUT2D eigenvalue weighted by atomic mass is 32.2. The van der Waals surface area contributed by atoms with Gasteiger partial charge in [0.2, 0.25) is 0 Å². The molecule has 2 rings (SSSR count). The van der Waals surface area contributed by atoms with Crippen LogP contribution in [-0.4, -0.2) is 26.8 Å². The third kappa shape index (κ3) is 4.01. The Kier molecular flexibility index (Phi) is 4.58. The Balaban J connectivity index is 2.10. The van der Waals surface area contributed by atoms with E-state index < -0.39 is 15.7 Å². The molecule has 1 aliphatic carbocycles. The first-order valence-corrected chi connectivity index (χ1v) is 8.40. The maximum Gasteiger partial charge on any atom is 0.180 e. The van der Waals surface area contributed by atoms with Crippen molar-refractivity contribution in [3.63, 3.8) is 0 Å². The van der Waals surface area contributed by atoms with E-state index in [0.29, 0.717) is 5.92 Å². The van der Waals surface area contributed by atoms with Gasteiger partial charge >= 0.3 is 0 Å². The summed E-state index contributed by atoms with van der Waals surface area (Å²) in [5, 5.41) is 3.30. The van der Waals surface area contributed by atoms with E-state index >= 15 is 0 Å². The van der Waals surface area contributed by atoms with Crippen molar-refractivity contribution in [3.8, 4) is 0 Å². The van der Waals surface area contributed by atoms with Gasteiger partial charge in [-0.15, -0.1) is 0 Å². The van der Waals surface area contributed by atoms with E-state index in [1.807, 2.05) is 0 Å². The van der Waals surface area contributed by atoms with Crippen LogP contribution in [0.15, 0.2) is 29.2 Å². The minimum atomic E-state index is -3.42. The van der Waals surface area contributed by atoms with Gasteiger partial charge in [-0.1, -0.05) is 13.0 Å². The van der Waals surface area contributed by atoms with Gasteiger partial charge in [-0.3, -0.25) is 0 Å². The van der Waals surface area contributed by atoms with Crippen molar-refractivity contribution in [1.82, 2.24) is 5.32 Å². The predicted octanol–water partition coefficient (Wildman–Crippen LogP) is 2.38. The summed E-state index contributed by atoms with van der Waals surface area (Å²) in [6, 6.07) is 5.25. The number of halogens is 1. The summed E-state index contributed by atoms with van der Waals surface area (Å²) in [5.41, 5.74) is 0. The van der Waals surface area contributed by atoms with E-state index in [2.05, 4.69) is 12.2 Å². The summed E-state index contributed by atoms with van der Waals surface area (Å²) in [6.07, 6.45) is 3.14. The second-order valence-electron chi connectivity index (χ2n) is 5.14. The number of hydrogen-bond acceptors (Lipinski definition) is 3. The largest absolute Gasteiger partial charge is 0.313 e. The zero-order chi connectivity index (χ0) is 13.9. The van der Waals surface area contributed by atoms with Crippen LogP contribution in [0.4, 0.5) is 4.39 Å². The van der Waals surface area contributed by atoms with Gasteiger partial charge in [0.15, 0.2) is 9.84 Å². The molecule has 1 fully saturated rings. The molecule has 19 heavy (non-hydrogen) atoms. The molecule has 1 aromatic carbocycles. The number of rotatable bonds is 7. The van der Waals surface area contributed by atoms with Gasteiger partial charge in [-0.25, -0.2) is 12.8 Å². The average Bonchev–Trinajstić information content (AvgIpc) is 3.18. The van der Waals surface area contributed by atoms with Gasteiger partial charge in [0, 0.05) is 6.04 Å². The fourth-order valence-corrected chi connectivity index (χ4v) is 3.82. The third-order valence-corrected chi connectivity index (χ3v) is 5.17. The van der Waals surface area contributed by atoms with E-state index in [-0.39, 0.29) is 16.7 Å². The highest BCUT2D eigenvalue weighted by molar-refractivity contribution is 7.91. The predicted molar refractivity (Wildman–Crippen MR) is 73.3 cm³/mol. The number of benzene rings is 1. The van der Waals surface area contributed by atoms with Gasteiger partial charge < -0.3 is 5.32 Å². The first-order valence-electron chi connectivity index (χ1n) is 6.74. The van der Waals surface area contributed by atoms with E-state index in [4.69, 9.17) is 0 Å². The van der Waals surface area contributed by atoms with Crippen LogP contribution in [0.25, 0.3) is 0 Å². The minimum absolute atomic E-state index is 0.00628. The quantitative estimate of drug-likeness (QED) is 0.836. The first-order chi connectivity index (χ1) is 9.03. The van der Waals surface area contributed by atoms with Gasteiger partial charge in [0.1, 0.15) is 5.82 Å². The summed E-state index contributed by atoms with van der Waals surface area (Å²) >= 11 is 0. The summed E-state index contributed by atoms with van der Waals surface area (Å²) in [5.74, 6) is 0.00153. The standard InChI is InChI=1S/C14H20FNO2S/c1-2-8-16-14(11-6-7-11)10-19(17,18)13-5-3-4-12(15)9-13/h3-5,9,11,14,16H,2,6-8,10H2,1H3. The van der Waals surface area contributed by atoms with E-state index in [1.165, 1.54) is 18.2 Å². The molecule has 0 heterocycles. The molecule has 0 radical (unpaired) electrons. The molecule has 0 aromatic heterocycles. The normalized spacial score (nSPS) is 17.4. The lowest BCUT2D eigenvalue weighted by Crippen LogP contribution is -2.38. The Hall–Kier alpha value is -0.940. The van der Waals surface area contributed by atoms with Crippen molar-refractivity contribution in [1.29, 1.82) is 0 Å². The Labute approximate surface area is 114 Å². The lowest BCUT2D eigenvalue weighted by molar-refractivity contribution is 0.489. The van der Waals surface area contributed by atoms with Crippen LogP contribution in [-0.2, 0) is 9.84 Å². The molecule has 5 heteroatoms. The van der Waals surface area contributed by atoms with Crippen LogP contribution < -0.4 is 5.32 Å².